The summed E-state index contributed by atoms with van der Waals surface area (Å²) in [4.78, 5) is 40.4. The van der Waals surface area contributed by atoms with Gasteiger partial charge < -0.3 is 4.74 Å². The highest BCUT2D eigenvalue weighted by Crippen LogP contribution is 2.30. The highest BCUT2D eigenvalue weighted by molar-refractivity contribution is 6.13. The Morgan fingerprint density at radius 3 is 1.93 bits per heavy atom. The Kier molecular flexibility index (Phi) is 9.18. The number of hydrazone groups is 1. The standard InChI is InChI=1S/C36H34N4O5/c1-36(2,3)45-34(41)32(24-26-13-7-4-8-14-26)39-31(23-27-19-21-30(22-20-27)40(43)44)25-38(35(39)42)37-33(28-15-9-5-10-16-28)29-17-11-6-12-18-29/h4-23,32H,24-25H2,1-3H3/b31-23-/t32-/m1/s1. The summed E-state index contributed by atoms with van der Waals surface area (Å²) in [6, 6.07) is 33.1. The van der Waals surface area contributed by atoms with Crippen molar-refractivity contribution in [2.45, 2.75) is 38.8 Å². The van der Waals surface area contributed by atoms with Gasteiger partial charge in [0.05, 0.1) is 17.2 Å². The van der Waals surface area contributed by atoms with Gasteiger partial charge in [-0.1, -0.05) is 91.0 Å². The molecule has 228 valence electrons. The van der Waals surface area contributed by atoms with Crippen molar-refractivity contribution in [1.29, 1.82) is 0 Å². The van der Waals surface area contributed by atoms with Crippen LogP contribution in [0.4, 0.5) is 10.5 Å². The van der Waals surface area contributed by atoms with Crippen molar-refractivity contribution >= 4 is 29.5 Å². The van der Waals surface area contributed by atoms with Gasteiger partial charge >= 0.3 is 12.0 Å². The number of urea groups is 1. The number of benzene rings is 4. The molecule has 1 aliphatic heterocycles. The molecule has 0 bridgehead atoms. The van der Waals surface area contributed by atoms with Gasteiger partial charge in [-0.05, 0) is 50.1 Å². The van der Waals surface area contributed by atoms with Crippen LogP contribution in [0.1, 0.15) is 43.0 Å². The Balaban J connectivity index is 1.63. The largest absolute Gasteiger partial charge is 0.458 e. The summed E-state index contributed by atoms with van der Waals surface area (Å²) in [5.41, 5.74) is 3.40. The fourth-order valence-corrected chi connectivity index (χ4v) is 5.04. The molecule has 9 nitrogen and oxygen atoms in total. The molecule has 1 atom stereocenters. The number of hydrogen-bond donors (Lipinski definition) is 0. The fourth-order valence-electron chi connectivity index (χ4n) is 5.04. The number of amides is 2. The van der Waals surface area contributed by atoms with Crippen LogP contribution in [-0.4, -0.2) is 50.7 Å². The summed E-state index contributed by atoms with van der Waals surface area (Å²) < 4.78 is 5.84. The van der Waals surface area contributed by atoms with E-state index in [-0.39, 0.29) is 18.7 Å². The van der Waals surface area contributed by atoms with Gasteiger partial charge in [0.1, 0.15) is 11.6 Å². The molecule has 0 aromatic heterocycles. The number of nitrogens with zero attached hydrogens (tertiary/aromatic N) is 4. The number of nitro groups is 1. The number of nitro benzene ring substituents is 1. The molecule has 45 heavy (non-hydrogen) atoms. The lowest BCUT2D eigenvalue weighted by molar-refractivity contribution is -0.384. The van der Waals surface area contributed by atoms with Gasteiger partial charge in [0.2, 0.25) is 0 Å². The highest BCUT2D eigenvalue weighted by atomic mass is 16.6. The molecule has 1 saturated heterocycles. The maximum atomic E-state index is 14.4. The van der Waals surface area contributed by atoms with Gasteiger partial charge in [0.15, 0.2) is 0 Å². The van der Waals surface area contributed by atoms with Crippen molar-refractivity contribution in [2.24, 2.45) is 5.10 Å². The van der Waals surface area contributed by atoms with Gasteiger partial charge in [0.25, 0.3) is 5.69 Å². The molecule has 1 heterocycles. The first-order valence-electron chi connectivity index (χ1n) is 14.6. The predicted octanol–water partition coefficient (Wildman–Crippen LogP) is 7.08. The van der Waals surface area contributed by atoms with Crippen LogP contribution in [0.5, 0.6) is 0 Å². The van der Waals surface area contributed by atoms with Crippen LogP contribution in [0, 0.1) is 10.1 Å². The maximum absolute atomic E-state index is 14.4. The van der Waals surface area contributed by atoms with Crippen molar-refractivity contribution in [3.05, 3.63) is 153 Å². The van der Waals surface area contributed by atoms with E-state index in [2.05, 4.69) is 0 Å². The normalized spacial score (nSPS) is 14.7. The van der Waals surface area contributed by atoms with Crippen LogP contribution in [0.2, 0.25) is 0 Å². The zero-order valence-electron chi connectivity index (χ0n) is 25.4. The summed E-state index contributed by atoms with van der Waals surface area (Å²) >= 11 is 0. The molecule has 1 aliphatic rings. The van der Waals surface area contributed by atoms with E-state index in [9.17, 15) is 19.7 Å². The van der Waals surface area contributed by atoms with Crippen molar-refractivity contribution in [3.8, 4) is 0 Å². The second-order valence-corrected chi connectivity index (χ2v) is 11.6. The average molecular weight is 603 g/mol. The molecule has 2 amide bonds. The number of non-ortho nitro benzene ring substituents is 1. The number of ether oxygens (including phenoxy) is 1. The van der Waals surface area contributed by atoms with Crippen LogP contribution in [0.15, 0.2) is 126 Å². The number of rotatable bonds is 9. The van der Waals surface area contributed by atoms with Gasteiger partial charge in [0, 0.05) is 35.4 Å². The van der Waals surface area contributed by atoms with Crippen molar-refractivity contribution in [3.63, 3.8) is 0 Å². The maximum Gasteiger partial charge on any atom is 0.345 e. The van der Waals surface area contributed by atoms with E-state index in [1.165, 1.54) is 22.0 Å². The third-order valence-corrected chi connectivity index (χ3v) is 7.06. The molecule has 0 aliphatic carbocycles. The van der Waals surface area contributed by atoms with Gasteiger partial charge in [-0.3, -0.25) is 15.0 Å². The number of carbonyl (C=O) groups excluding carboxylic acids is 2. The Bertz CT molecular complexity index is 1670. The zero-order chi connectivity index (χ0) is 32.0. The highest BCUT2D eigenvalue weighted by Gasteiger charge is 2.43. The van der Waals surface area contributed by atoms with E-state index < -0.39 is 28.6 Å². The number of carbonyl (C=O) groups is 2. The minimum Gasteiger partial charge on any atom is -0.458 e. The molecule has 0 N–H and O–H groups in total. The Labute approximate surface area is 262 Å². The molecule has 0 unspecified atom stereocenters. The molecular formula is C36H34N4O5. The van der Waals surface area contributed by atoms with Crippen molar-refractivity contribution < 1.29 is 19.2 Å². The van der Waals surface area contributed by atoms with E-state index in [1.807, 2.05) is 91.0 Å². The second-order valence-electron chi connectivity index (χ2n) is 11.6. The molecule has 4 aromatic rings. The first-order chi connectivity index (χ1) is 21.6. The third-order valence-electron chi connectivity index (χ3n) is 7.06. The summed E-state index contributed by atoms with van der Waals surface area (Å²) in [7, 11) is 0. The van der Waals surface area contributed by atoms with Crippen LogP contribution in [0.25, 0.3) is 6.08 Å². The molecule has 4 aromatic carbocycles. The van der Waals surface area contributed by atoms with Crippen molar-refractivity contribution in [2.75, 3.05) is 6.54 Å². The molecule has 0 saturated carbocycles. The summed E-state index contributed by atoms with van der Waals surface area (Å²) in [6.45, 7) is 5.42. The Morgan fingerprint density at radius 1 is 0.889 bits per heavy atom. The fraction of sp³-hybridized carbons (Fsp3) is 0.194. The van der Waals surface area contributed by atoms with Crippen LogP contribution < -0.4 is 0 Å². The Morgan fingerprint density at radius 2 is 1.42 bits per heavy atom. The first kappa shape index (κ1) is 30.9. The molecular weight excluding hydrogens is 568 g/mol. The quantitative estimate of drug-likeness (QED) is 0.0881. The topological polar surface area (TPSA) is 105 Å². The Hall–Kier alpha value is -5.57. The molecule has 9 heteroatoms. The van der Waals surface area contributed by atoms with Crippen LogP contribution in [-0.2, 0) is 16.0 Å². The molecule has 0 spiro atoms. The van der Waals surface area contributed by atoms with Crippen LogP contribution in [0.3, 0.4) is 0 Å². The summed E-state index contributed by atoms with van der Waals surface area (Å²) in [5.74, 6) is -0.550. The van der Waals surface area contributed by atoms with E-state index >= 15 is 0 Å². The first-order valence-corrected chi connectivity index (χ1v) is 14.6. The smallest absolute Gasteiger partial charge is 0.345 e. The lowest BCUT2D eigenvalue weighted by Crippen LogP contribution is -2.46. The van der Waals surface area contributed by atoms with E-state index in [4.69, 9.17) is 9.84 Å². The van der Waals surface area contributed by atoms with Crippen molar-refractivity contribution in [1.82, 2.24) is 9.91 Å². The number of hydrogen-bond acceptors (Lipinski definition) is 6. The third kappa shape index (κ3) is 7.69. The molecule has 0 radical (unpaired) electrons. The SMILES string of the molecule is CC(C)(C)OC(=O)[C@@H](Cc1ccccc1)N1C(=O)N(N=C(c2ccccc2)c2ccccc2)C/C1=C/c1ccc([N+](=O)[O-])cc1. The van der Waals surface area contributed by atoms with E-state index in [1.54, 1.807) is 39.0 Å². The monoisotopic (exact) mass is 602 g/mol. The summed E-state index contributed by atoms with van der Waals surface area (Å²) in [6.07, 6.45) is 1.96. The van der Waals surface area contributed by atoms with E-state index in [0.29, 0.717) is 17.0 Å². The lowest BCUT2D eigenvalue weighted by Gasteiger charge is -2.30. The predicted molar refractivity (Wildman–Crippen MR) is 173 cm³/mol. The lowest BCUT2D eigenvalue weighted by atomic mass is 10.0. The second kappa shape index (κ2) is 13.4. The minimum atomic E-state index is -1.000. The van der Waals surface area contributed by atoms with Crippen LogP contribution >= 0.6 is 0 Å². The average Bonchev–Trinajstić information content (AvgIpc) is 3.32. The minimum absolute atomic E-state index is 0.0474. The van der Waals surface area contributed by atoms with Gasteiger partial charge in [-0.2, -0.15) is 5.10 Å². The van der Waals surface area contributed by atoms with Gasteiger partial charge in [-0.25, -0.2) is 14.6 Å². The number of esters is 1. The van der Waals surface area contributed by atoms with Gasteiger partial charge in [-0.15, -0.1) is 0 Å². The molecule has 5 rings (SSSR count). The molecule has 1 fully saturated rings. The zero-order valence-corrected chi connectivity index (χ0v) is 25.4. The summed E-state index contributed by atoms with van der Waals surface area (Å²) in [5, 5.41) is 17.5. The van der Waals surface area contributed by atoms with E-state index in [0.717, 1.165) is 16.7 Å².